The molecule has 2 heterocycles. The fourth-order valence-electron chi connectivity index (χ4n) is 5.86. The number of ether oxygens (including phenoxy) is 2. The van der Waals surface area contributed by atoms with Gasteiger partial charge in [-0.05, 0) is 47.2 Å². The summed E-state index contributed by atoms with van der Waals surface area (Å²) in [4.78, 5) is 30.4. The van der Waals surface area contributed by atoms with Gasteiger partial charge in [-0.1, -0.05) is 60.7 Å². The number of benzene rings is 3. The van der Waals surface area contributed by atoms with Gasteiger partial charge in [0.05, 0.1) is 37.2 Å². The maximum Gasteiger partial charge on any atom is 0.241 e. The molecule has 2 amide bonds. The Balaban J connectivity index is 1.26. The summed E-state index contributed by atoms with van der Waals surface area (Å²) >= 11 is 0. The first-order valence-electron chi connectivity index (χ1n) is 15.6. The van der Waals surface area contributed by atoms with Crippen molar-refractivity contribution in [3.05, 3.63) is 78.4 Å². The third-order valence-electron chi connectivity index (χ3n) is 8.33. The summed E-state index contributed by atoms with van der Waals surface area (Å²) in [7, 11) is -4.17. The van der Waals surface area contributed by atoms with Gasteiger partial charge in [0, 0.05) is 32.7 Å². The van der Waals surface area contributed by atoms with Gasteiger partial charge in [-0.25, -0.2) is 8.42 Å². The number of hydrogen-bond acceptors (Lipinski definition) is 7. The highest BCUT2D eigenvalue weighted by Gasteiger charge is 2.34. The summed E-state index contributed by atoms with van der Waals surface area (Å²) in [6.45, 7) is 2.95. The van der Waals surface area contributed by atoms with Crippen LogP contribution in [0.15, 0.2) is 77.7 Å². The van der Waals surface area contributed by atoms with Crippen LogP contribution >= 0.6 is 0 Å². The second-order valence-corrected chi connectivity index (χ2v) is 13.5. The molecule has 2 aliphatic rings. The number of amides is 2. The molecule has 12 nitrogen and oxygen atoms in total. The first kappa shape index (κ1) is 33.3. The maximum atomic E-state index is 13.9. The molecule has 5 rings (SSSR count). The van der Waals surface area contributed by atoms with Gasteiger partial charge >= 0.3 is 0 Å². The van der Waals surface area contributed by atoms with E-state index in [0.717, 1.165) is 29.2 Å². The normalized spacial score (nSPS) is 19.5. The second-order valence-electron chi connectivity index (χ2n) is 11.8. The van der Waals surface area contributed by atoms with Crippen molar-refractivity contribution >= 4 is 38.6 Å². The SMILES string of the molecule is N=C(N)N1CCCC(CNC(=O)CC(NS(=O)(=O)c2ccc3ccccc3c2)C(=O)N2CCOC(COCc3ccccc3)C2)C1. The highest BCUT2D eigenvalue weighted by molar-refractivity contribution is 7.89. The molecule has 246 valence electrons. The average Bonchev–Trinajstić information content (AvgIpc) is 3.07. The molecule has 3 atom stereocenters. The number of nitrogens with two attached hydrogens (primary N) is 1. The number of guanidine groups is 1. The molecule has 3 aromatic carbocycles. The number of carbonyl (C=O) groups is 2. The fourth-order valence-corrected chi connectivity index (χ4v) is 7.08. The van der Waals surface area contributed by atoms with Crippen LogP contribution in [0.2, 0.25) is 0 Å². The number of hydrogen-bond donors (Lipinski definition) is 4. The molecule has 46 heavy (non-hydrogen) atoms. The highest BCUT2D eigenvalue weighted by Crippen LogP contribution is 2.20. The molecule has 5 N–H and O–H groups in total. The van der Waals surface area contributed by atoms with E-state index in [1.807, 2.05) is 54.6 Å². The quantitative estimate of drug-likeness (QED) is 0.171. The van der Waals surface area contributed by atoms with Crippen LogP contribution < -0.4 is 15.8 Å². The van der Waals surface area contributed by atoms with Crippen molar-refractivity contribution in [2.45, 2.75) is 42.9 Å². The molecule has 3 aromatic rings. The minimum Gasteiger partial charge on any atom is -0.374 e. The highest BCUT2D eigenvalue weighted by atomic mass is 32.2. The number of sulfonamides is 1. The molecule has 3 unspecified atom stereocenters. The molecule has 0 saturated carbocycles. The van der Waals surface area contributed by atoms with Gasteiger partial charge in [0.2, 0.25) is 21.8 Å². The third-order valence-corrected chi connectivity index (χ3v) is 9.80. The molecule has 0 aliphatic carbocycles. The average molecular weight is 651 g/mol. The summed E-state index contributed by atoms with van der Waals surface area (Å²) in [5.41, 5.74) is 6.67. The van der Waals surface area contributed by atoms with Gasteiger partial charge in [-0.2, -0.15) is 4.72 Å². The molecular weight excluding hydrogens is 608 g/mol. The first-order chi connectivity index (χ1) is 22.2. The molecule has 2 aliphatic heterocycles. The molecule has 2 saturated heterocycles. The lowest BCUT2D eigenvalue weighted by Gasteiger charge is -2.35. The zero-order chi connectivity index (χ0) is 32.5. The van der Waals surface area contributed by atoms with Crippen LogP contribution in [0.25, 0.3) is 10.8 Å². The Labute approximate surface area is 269 Å². The minimum absolute atomic E-state index is 0.000865. The maximum absolute atomic E-state index is 13.9. The van der Waals surface area contributed by atoms with Crippen molar-refractivity contribution in [3.8, 4) is 0 Å². The molecule has 0 spiro atoms. The number of nitrogens with one attached hydrogen (secondary N) is 3. The topological polar surface area (TPSA) is 167 Å². The Morgan fingerprint density at radius 3 is 2.54 bits per heavy atom. The van der Waals surface area contributed by atoms with Crippen LogP contribution in [-0.4, -0.2) is 94.1 Å². The van der Waals surface area contributed by atoms with Crippen molar-refractivity contribution in [3.63, 3.8) is 0 Å². The van der Waals surface area contributed by atoms with E-state index in [1.165, 1.54) is 11.0 Å². The van der Waals surface area contributed by atoms with E-state index in [1.54, 1.807) is 17.0 Å². The minimum atomic E-state index is -4.17. The van der Waals surface area contributed by atoms with Crippen molar-refractivity contribution in [2.24, 2.45) is 11.7 Å². The Hall–Kier alpha value is -4.04. The van der Waals surface area contributed by atoms with Gasteiger partial charge < -0.3 is 30.3 Å². The van der Waals surface area contributed by atoms with Gasteiger partial charge in [0.15, 0.2) is 5.96 Å². The van der Waals surface area contributed by atoms with Gasteiger partial charge in [-0.15, -0.1) is 0 Å². The van der Waals surface area contributed by atoms with E-state index < -0.39 is 34.0 Å². The predicted molar refractivity (Wildman–Crippen MR) is 174 cm³/mol. The van der Waals surface area contributed by atoms with Crippen molar-refractivity contribution < 1.29 is 27.5 Å². The zero-order valence-electron chi connectivity index (χ0n) is 25.8. The number of rotatable bonds is 12. The molecule has 13 heteroatoms. The Kier molecular flexibility index (Phi) is 11.2. The summed E-state index contributed by atoms with van der Waals surface area (Å²) < 4.78 is 41.4. The standard InChI is InChI=1S/C33H42N6O6S/c34-33(35)39-14-6-9-25(20-39)19-36-31(40)18-30(37-46(42,43)29-13-12-26-10-4-5-11-27(26)17-29)32(41)38-15-16-45-28(21-38)23-44-22-24-7-2-1-3-8-24/h1-5,7-8,10-13,17,25,28,30,37H,6,9,14-16,18-23H2,(H3,34,35)(H,36,40). The van der Waals surface area contributed by atoms with E-state index in [2.05, 4.69) is 10.0 Å². The van der Waals surface area contributed by atoms with Crippen LogP contribution in [-0.2, 0) is 35.7 Å². The summed E-state index contributed by atoms with van der Waals surface area (Å²) in [5.74, 6) is -0.869. The van der Waals surface area contributed by atoms with Crippen molar-refractivity contribution in [1.29, 1.82) is 5.41 Å². The molecule has 0 radical (unpaired) electrons. The Bertz CT molecular complexity index is 1620. The number of likely N-dealkylation sites (tertiary alicyclic amines) is 1. The van der Waals surface area contributed by atoms with E-state index in [-0.39, 0.29) is 49.5 Å². The lowest BCUT2D eigenvalue weighted by molar-refractivity contribution is -0.144. The lowest BCUT2D eigenvalue weighted by atomic mass is 9.98. The van der Waals surface area contributed by atoms with Crippen LogP contribution in [0, 0.1) is 11.3 Å². The monoisotopic (exact) mass is 650 g/mol. The molecule has 0 bridgehead atoms. The number of carbonyl (C=O) groups excluding carboxylic acids is 2. The van der Waals surface area contributed by atoms with Crippen molar-refractivity contribution in [2.75, 3.05) is 45.9 Å². The second kappa shape index (κ2) is 15.5. The van der Waals surface area contributed by atoms with E-state index in [4.69, 9.17) is 20.6 Å². The molecule has 2 fully saturated rings. The predicted octanol–water partition coefficient (Wildman–Crippen LogP) is 2.04. The van der Waals surface area contributed by atoms with Crippen LogP contribution in [0.5, 0.6) is 0 Å². The number of fused-ring (bicyclic) bond motifs is 1. The van der Waals surface area contributed by atoms with Crippen LogP contribution in [0.1, 0.15) is 24.8 Å². The van der Waals surface area contributed by atoms with Crippen molar-refractivity contribution in [1.82, 2.24) is 19.8 Å². The zero-order valence-corrected chi connectivity index (χ0v) is 26.6. The smallest absolute Gasteiger partial charge is 0.241 e. The third kappa shape index (κ3) is 9.03. The summed E-state index contributed by atoms with van der Waals surface area (Å²) in [6, 6.07) is 20.5. The number of morpholine rings is 1. The van der Waals surface area contributed by atoms with Gasteiger partial charge in [0.25, 0.3) is 0 Å². The van der Waals surface area contributed by atoms with E-state index in [0.29, 0.717) is 26.2 Å². The Morgan fingerprint density at radius 1 is 1.00 bits per heavy atom. The van der Waals surface area contributed by atoms with Crippen LogP contribution in [0.3, 0.4) is 0 Å². The van der Waals surface area contributed by atoms with Gasteiger partial charge in [-0.3, -0.25) is 15.0 Å². The van der Waals surface area contributed by atoms with Crippen LogP contribution in [0.4, 0.5) is 0 Å². The summed E-state index contributed by atoms with van der Waals surface area (Å²) in [5, 5.41) is 12.2. The number of piperidine rings is 1. The largest absolute Gasteiger partial charge is 0.374 e. The van der Waals surface area contributed by atoms with E-state index in [9.17, 15) is 18.0 Å². The summed E-state index contributed by atoms with van der Waals surface area (Å²) in [6.07, 6.45) is 0.938. The first-order valence-corrected chi connectivity index (χ1v) is 17.0. The lowest BCUT2D eigenvalue weighted by Crippen LogP contribution is -2.55. The Morgan fingerprint density at radius 2 is 1.76 bits per heavy atom. The number of nitrogens with zero attached hydrogens (tertiary/aromatic N) is 2. The molecular formula is C33H42N6O6S. The van der Waals surface area contributed by atoms with E-state index >= 15 is 0 Å². The fraction of sp³-hybridized carbons (Fsp3) is 0.424. The van der Waals surface area contributed by atoms with Gasteiger partial charge in [0.1, 0.15) is 6.04 Å². The molecule has 0 aromatic heterocycles.